The van der Waals surface area contributed by atoms with Gasteiger partial charge >= 0.3 is 8.80 Å². The van der Waals surface area contributed by atoms with Gasteiger partial charge in [0.05, 0.1) is 10.4 Å². The van der Waals surface area contributed by atoms with Gasteiger partial charge in [0.25, 0.3) is 0 Å². The predicted octanol–water partition coefficient (Wildman–Crippen LogP) is -1.18. The highest BCUT2D eigenvalue weighted by Gasteiger charge is 2.33. The van der Waals surface area contributed by atoms with Gasteiger partial charge in [0.2, 0.25) is 0 Å². The average molecular weight is 195 g/mol. The molecule has 0 radical (unpaired) electrons. The van der Waals surface area contributed by atoms with Crippen molar-refractivity contribution in [2.45, 2.75) is 0 Å². The zero-order valence-corrected chi connectivity index (χ0v) is 10.6. The first-order valence-electron chi connectivity index (χ1n) is 3.11. The van der Waals surface area contributed by atoms with Crippen LogP contribution in [0.5, 0.6) is 0 Å². The Balaban J connectivity index is 0. The van der Waals surface area contributed by atoms with Crippen LogP contribution in [-0.2, 0) is 13.3 Å². The topological polar surface area (TPSA) is 53.7 Å². The van der Waals surface area contributed by atoms with E-state index in [1.54, 1.807) is 27.0 Å². The third-order valence-electron chi connectivity index (χ3n) is 1.10. The van der Waals surface area contributed by atoms with E-state index >= 15 is 0 Å². The molecule has 0 aromatic heterocycles. The van der Waals surface area contributed by atoms with Crippen LogP contribution >= 0.6 is 0 Å². The minimum atomic E-state index is -2.43. The lowest BCUT2D eigenvalue weighted by Crippen LogP contribution is -2.40. The van der Waals surface area contributed by atoms with E-state index in [2.05, 4.69) is 12.0 Å². The Morgan fingerprint density at radius 1 is 1.18 bits per heavy atom. The molecule has 0 amide bonds. The van der Waals surface area contributed by atoms with Gasteiger partial charge in [-0.2, -0.15) is 0 Å². The van der Waals surface area contributed by atoms with Crippen LogP contribution in [0.25, 0.3) is 0 Å². The lowest BCUT2D eigenvalue weighted by atomic mass is 11.3. The SMILES string of the molecule is C=C[Si](OC)(OC)OC.N[SiH3]. The lowest BCUT2D eigenvalue weighted by Gasteiger charge is -2.19. The molecular weight excluding hydrogens is 178 g/mol. The minimum absolute atomic E-state index is 0.806. The van der Waals surface area contributed by atoms with Gasteiger partial charge in [-0.05, 0) is 5.70 Å². The van der Waals surface area contributed by atoms with Gasteiger partial charge < -0.3 is 18.7 Å². The largest absolute Gasteiger partial charge is 0.528 e. The van der Waals surface area contributed by atoms with E-state index < -0.39 is 8.80 Å². The van der Waals surface area contributed by atoms with E-state index in [1.165, 1.54) is 0 Å². The second kappa shape index (κ2) is 8.11. The quantitative estimate of drug-likeness (QED) is 0.574. The number of hydrogen-bond acceptors (Lipinski definition) is 4. The minimum Gasteiger partial charge on any atom is -0.374 e. The molecule has 4 nitrogen and oxygen atoms in total. The average Bonchev–Trinajstić information content (AvgIpc) is 2.13. The fourth-order valence-electron chi connectivity index (χ4n) is 0.500. The van der Waals surface area contributed by atoms with E-state index in [0.29, 0.717) is 0 Å². The summed E-state index contributed by atoms with van der Waals surface area (Å²) in [5.41, 5.74) is 1.58. The van der Waals surface area contributed by atoms with Gasteiger partial charge in [0.15, 0.2) is 0 Å². The number of rotatable bonds is 4. The van der Waals surface area contributed by atoms with Crippen molar-refractivity contribution < 1.29 is 13.3 Å². The maximum Gasteiger partial charge on any atom is 0.528 e. The normalized spacial score (nSPS) is 10.2. The molecule has 0 aromatic carbocycles. The molecule has 0 heterocycles. The molecule has 68 valence electrons. The van der Waals surface area contributed by atoms with E-state index in [9.17, 15) is 0 Å². The molecular formula is C5H17NO3Si2. The molecule has 0 bridgehead atoms. The van der Waals surface area contributed by atoms with Gasteiger partial charge in [0.1, 0.15) is 0 Å². The van der Waals surface area contributed by atoms with E-state index in [1.807, 2.05) is 0 Å². The maximum atomic E-state index is 4.96. The van der Waals surface area contributed by atoms with Crippen molar-refractivity contribution in [3.63, 3.8) is 0 Å². The van der Waals surface area contributed by atoms with Gasteiger partial charge in [-0.3, -0.25) is 0 Å². The summed E-state index contributed by atoms with van der Waals surface area (Å²) in [5.74, 6) is 0. The van der Waals surface area contributed by atoms with E-state index in [4.69, 9.17) is 13.3 Å². The van der Waals surface area contributed by atoms with E-state index in [0.717, 1.165) is 10.4 Å². The van der Waals surface area contributed by atoms with Gasteiger partial charge in [-0.25, -0.2) is 0 Å². The third-order valence-corrected chi connectivity index (χ3v) is 3.31. The summed E-state index contributed by atoms with van der Waals surface area (Å²) in [6.45, 7) is 3.53. The molecule has 0 aliphatic heterocycles. The summed E-state index contributed by atoms with van der Waals surface area (Å²) >= 11 is 0. The maximum absolute atomic E-state index is 4.96. The molecule has 0 aliphatic rings. The predicted molar refractivity (Wildman–Crippen MR) is 51.1 cm³/mol. The molecule has 6 heteroatoms. The van der Waals surface area contributed by atoms with Crippen LogP contribution in [0, 0.1) is 0 Å². The fraction of sp³-hybridized carbons (Fsp3) is 0.600. The van der Waals surface area contributed by atoms with Crippen molar-refractivity contribution in [2.75, 3.05) is 21.3 Å². The van der Waals surface area contributed by atoms with Crippen molar-refractivity contribution in [1.29, 1.82) is 0 Å². The Morgan fingerprint density at radius 2 is 1.45 bits per heavy atom. The second-order valence-corrected chi connectivity index (χ2v) is 4.26. The van der Waals surface area contributed by atoms with Gasteiger partial charge in [0, 0.05) is 21.3 Å². The third kappa shape index (κ3) is 4.46. The summed E-state index contributed by atoms with van der Waals surface area (Å²) in [6.07, 6.45) is 0. The first-order valence-corrected chi connectivity index (χ1v) is 6.07. The second-order valence-electron chi connectivity index (χ2n) is 1.42. The van der Waals surface area contributed by atoms with Crippen molar-refractivity contribution in [3.8, 4) is 0 Å². The van der Waals surface area contributed by atoms with Crippen LogP contribution in [-0.4, -0.2) is 40.5 Å². The zero-order valence-electron chi connectivity index (χ0n) is 7.59. The molecule has 2 N–H and O–H groups in total. The van der Waals surface area contributed by atoms with Crippen LogP contribution in [0.1, 0.15) is 0 Å². The summed E-state index contributed by atoms with van der Waals surface area (Å²) in [5, 5.41) is 4.64. The lowest BCUT2D eigenvalue weighted by molar-refractivity contribution is 0.138. The van der Waals surface area contributed by atoms with E-state index in [-0.39, 0.29) is 0 Å². The summed E-state index contributed by atoms with van der Waals surface area (Å²) in [4.78, 5) is 0. The number of nitrogens with two attached hydrogens (primary N) is 1. The molecule has 0 aliphatic carbocycles. The molecule has 0 unspecified atom stereocenters. The van der Waals surface area contributed by atoms with Crippen molar-refractivity contribution >= 4 is 19.2 Å². The number of hydrogen-bond donors (Lipinski definition) is 1. The Labute approximate surface area is 72.2 Å². The zero-order chi connectivity index (χ0) is 9.33. The molecule has 11 heavy (non-hydrogen) atoms. The van der Waals surface area contributed by atoms with Crippen molar-refractivity contribution in [2.24, 2.45) is 5.40 Å². The van der Waals surface area contributed by atoms with Crippen molar-refractivity contribution in [1.82, 2.24) is 0 Å². The van der Waals surface area contributed by atoms with Crippen LogP contribution in [0.15, 0.2) is 12.3 Å². The molecule has 0 atom stereocenters. The van der Waals surface area contributed by atoms with Crippen LogP contribution in [0.4, 0.5) is 0 Å². The molecule has 0 spiro atoms. The Hall–Kier alpha value is 0.0138. The smallest absolute Gasteiger partial charge is 0.374 e. The monoisotopic (exact) mass is 195 g/mol. The van der Waals surface area contributed by atoms with Gasteiger partial charge in [-0.1, -0.05) is 6.58 Å². The first kappa shape index (κ1) is 13.6. The highest BCUT2D eigenvalue weighted by atomic mass is 28.4. The Morgan fingerprint density at radius 3 is 1.45 bits per heavy atom. The summed E-state index contributed by atoms with van der Waals surface area (Å²) < 4.78 is 14.9. The Bertz CT molecular complexity index is 89.5. The molecule has 0 saturated carbocycles. The van der Waals surface area contributed by atoms with Crippen molar-refractivity contribution in [3.05, 3.63) is 12.3 Å². The molecule has 0 rings (SSSR count). The first-order chi connectivity index (χ1) is 5.24. The molecule has 0 aromatic rings. The summed E-state index contributed by atoms with van der Waals surface area (Å²) in [7, 11) is 3.01. The summed E-state index contributed by atoms with van der Waals surface area (Å²) in [6, 6.07) is 0. The van der Waals surface area contributed by atoms with Crippen LogP contribution in [0.3, 0.4) is 0 Å². The standard InChI is InChI=1S/C5H12O3Si.H5NSi/c1-5-9(6-2,7-3)8-4;1-2/h5H,1H2,2-4H3;1H2,2H3. The molecule has 0 saturated heterocycles. The highest BCUT2D eigenvalue weighted by molar-refractivity contribution is 6.66. The fourth-order valence-corrected chi connectivity index (χ4v) is 1.50. The van der Waals surface area contributed by atoms with Crippen LogP contribution in [0.2, 0.25) is 0 Å². The highest BCUT2D eigenvalue weighted by Crippen LogP contribution is 2.04. The van der Waals surface area contributed by atoms with Gasteiger partial charge in [-0.15, -0.1) is 0 Å². The Kier molecular flexibility index (Phi) is 10.0. The molecule has 0 fully saturated rings. The van der Waals surface area contributed by atoms with Crippen LogP contribution < -0.4 is 5.40 Å².